The van der Waals surface area contributed by atoms with Crippen molar-refractivity contribution in [1.29, 1.82) is 0 Å². The topological polar surface area (TPSA) is 86.8 Å². The van der Waals surface area contributed by atoms with Gasteiger partial charge in [0.15, 0.2) is 0 Å². The monoisotopic (exact) mass is 431 g/mol. The van der Waals surface area contributed by atoms with E-state index in [-0.39, 0.29) is 17.6 Å². The lowest BCUT2D eigenvalue weighted by Gasteiger charge is -2.27. The zero-order valence-corrected chi connectivity index (χ0v) is 18.1. The number of anilines is 1. The van der Waals surface area contributed by atoms with Gasteiger partial charge in [0.1, 0.15) is 17.3 Å². The third-order valence-electron chi connectivity index (χ3n) is 4.77. The molecule has 8 nitrogen and oxygen atoms in total. The molecule has 3 amide bonds. The van der Waals surface area contributed by atoms with E-state index in [2.05, 4.69) is 15.6 Å². The molecule has 1 aromatic heterocycles. The fourth-order valence-electron chi connectivity index (χ4n) is 3.12. The Labute approximate surface area is 181 Å². The van der Waals surface area contributed by atoms with Gasteiger partial charge >= 0.3 is 6.03 Å². The lowest BCUT2D eigenvalue weighted by atomic mass is 10.0. The smallest absolute Gasteiger partial charge is 0.320 e. The number of ether oxygens (including phenoxy) is 1. The summed E-state index contributed by atoms with van der Waals surface area (Å²) in [4.78, 5) is 33.0. The third-order valence-corrected chi connectivity index (χ3v) is 5.07. The molecule has 160 valence electrons. The van der Waals surface area contributed by atoms with Gasteiger partial charge in [-0.05, 0) is 32.3 Å². The number of aromatic nitrogens is 1. The van der Waals surface area contributed by atoms with Crippen LogP contribution < -0.4 is 15.4 Å². The van der Waals surface area contributed by atoms with Gasteiger partial charge < -0.3 is 19.9 Å². The molecule has 0 saturated carbocycles. The Hall–Kier alpha value is -2.84. The molecule has 9 heteroatoms. The number of hydrogen-bond donors (Lipinski definition) is 2. The van der Waals surface area contributed by atoms with Gasteiger partial charge in [0, 0.05) is 32.1 Å². The van der Waals surface area contributed by atoms with Gasteiger partial charge in [-0.1, -0.05) is 29.8 Å². The summed E-state index contributed by atoms with van der Waals surface area (Å²) in [5.74, 6) is 0.703. The highest BCUT2D eigenvalue weighted by molar-refractivity contribution is 6.32. The van der Waals surface area contributed by atoms with Crippen molar-refractivity contribution in [1.82, 2.24) is 20.1 Å². The van der Waals surface area contributed by atoms with Gasteiger partial charge in [-0.15, -0.1) is 0 Å². The van der Waals surface area contributed by atoms with Crippen molar-refractivity contribution in [2.24, 2.45) is 0 Å². The van der Waals surface area contributed by atoms with Crippen molar-refractivity contribution >= 4 is 29.4 Å². The van der Waals surface area contributed by atoms with E-state index in [4.69, 9.17) is 16.3 Å². The maximum absolute atomic E-state index is 12.6. The number of nitrogens with zero attached hydrogens (tertiary/aromatic N) is 3. The first-order valence-electron chi connectivity index (χ1n) is 9.71. The molecule has 0 saturated heterocycles. The van der Waals surface area contributed by atoms with Gasteiger partial charge in [0.2, 0.25) is 0 Å². The van der Waals surface area contributed by atoms with Crippen LogP contribution in [-0.2, 0) is 0 Å². The second-order valence-corrected chi connectivity index (χ2v) is 7.79. The summed E-state index contributed by atoms with van der Waals surface area (Å²) in [6.07, 6.45) is 0.628. The van der Waals surface area contributed by atoms with Crippen molar-refractivity contribution in [2.75, 3.05) is 46.2 Å². The number of carbonyl (C=O) groups is 2. The summed E-state index contributed by atoms with van der Waals surface area (Å²) in [6.45, 7) is 1.79. The number of rotatable bonds is 6. The van der Waals surface area contributed by atoms with E-state index >= 15 is 0 Å². The van der Waals surface area contributed by atoms with Crippen LogP contribution in [0.2, 0.25) is 5.02 Å². The van der Waals surface area contributed by atoms with Gasteiger partial charge in [-0.25, -0.2) is 9.78 Å². The van der Waals surface area contributed by atoms with E-state index in [0.29, 0.717) is 36.2 Å². The summed E-state index contributed by atoms with van der Waals surface area (Å²) < 4.78 is 5.62. The SMILES string of the molecule is CN(C)CCN(C)C(=O)c1cccc(NC(=O)N[C@H]2CCOc3c(Cl)cccc32)n1. The minimum atomic E-state index is -0.411. The lowest BCUT2D eigenvalue weighted by molar-refractivity contribution is 0.0780. The van der Waals surface area contributed by atoms with E-state index in [1.165, 1.54) is 0 Å². The van der Waals surface area contributed by atoms with Crippen LogP contribution in [0.15, 0.2) is 36.4 Å². The Kier molecular flexibility index (Phi) is 7.12. The molecule has 2 heterocycles. The zero-order chi connectivity index (χ0) is 21.7. The van der Waals surface area contributed by atoms with Crippen molar-refractivity contribution in [3.8, 4) is 5.75 Å². The van der Waals surface area contributed by atoms with Crippen LogP contribution in [0.4, 0.5) is 10.6 Å². The molecule has 0 aliphatic carbocycles. The van der Waals surface area contributed by atoms with Crippen LogP contribution in [0.25, 0.3) is 0 Å². The summed E-state index contributed by atoms with van der Waals surface area (Å²) in [5, 5.41) is 6.15. The van der Waals surface area contributed by atoms with E-state index in [1.54, 1.807) is 36.2 Å². The largest absolute Gasteiger partial charge is 0.492 e. The average molecular weight is 432 g/mol. The van der Waals surface area contributed by atoms with E-state index in [1.807, 2.05) is 31.1 Å². The minimum Gasteiger partial charge on any atom is -0.492 e. The van der Waals surface area contributed by atoms with E-state index in [9.17, 15) is 9.59 Å². The molecule has 0 fully saturated rings. The summed E-state index contributed by atoms with van der Waals surface area (Å²) in [5.41, 5.74) is 1.11. The van der Waals surface area contributed by atoms with Crippen LogP contribution in [0.5, 0.6) is 5.75 Å². The summed E-state index contributed by atoms with van der Waals surface area (Å²) in [7, 11) is 5.63. The van der Waals surface area contributed by atoms with Crippen molar-refractivity contribution in [3.63, 3.8) is 0 Å². The number of likely N-dealkylation sites (N-methyl/N-ethyl adjacent to an activating group) is 2. The Morgan fingerprint density at radius 1 is 1.17 bits per heavy atom. The maximum atomic E-state index is 12.6. The van der Waals surface area contributed by atoms with Gasteiger partial charge in [-0.3, -0.25) is 10.1 Å². The Balaban J connectivity index is 1.64. The molecule has 1 aromatic carbocycles. The molecule has 1 aliphatic heterocycles. The fraction of sp³-hybridized carbons (Fsp3) is 0.381. The predicted molar refractivity (Wildman–Crippen MR) is 116 cm³/mol. The highest BCUT2D eigenvalue weighted by Gasteiger charge is 2.25. The predicted octanol–water partition coefficient (Wildman–Crippen LogP) is 3.01. The number of urea groups is 1. The molecule has 2 N–H and O–H groups in total. The number of para-hydroxylation sites is 1. The molecule has 0 radical (unpaired) electrons. The van der Waals surface area contributed by atoms with Crippen molar-refractivity contribution in [2.45, 2.75) is 12.5 Å². The number of carbonyl (C=O) groups excluding carboxylic acids is 2. The average Bonchev–Trinajstić information content (AvgIpc) is 2.72. The molecule has 2 aromatic rings. The third kappa shape index (κ3) is 5.40. The Bertz CT molecular complexity index is 921. The lowest BCUT2D eigenvalue weighted by Crippen LogP contribution is -2.36. The highest BCUT2D eigenvalue weighted by Crippen LogP contribution is 2.37. The highest BCUT2D eigenvalue weighted by atomic mass is 35.5. The van der Waals surface area contributed by atoms with Crippen LogP contribution in [0, 0.1) is 0 Å². The molecule has 0 unspecified atom stereocenters. The molecule has 1 atom stereocenters. The van der Waals surface area contributed by atoms with E-state index < -0.39 is 6.03 Å². The number of amides is 3. The normalized spacial score (nSPS) is 15.2. The molecule has 0 bridgehead atoms. The van der Waals surface area contributed by atoms with Crippen LogP contribution in [0.1, 0.15) is 28.5 Å². The van der Waals surface area contributed by atoms with Gasteiger partial charge in [0.25, 0.3) is 5.91 Å². The van der Waals surface area contributed by atoms with Gasteiger partial charge in [0.05, 0.1) is 17.7 Å². The first-order chi connectivity index (χ1) is 14.3. The summed E-state index contributed by atoms with van der Waals surface area (Å²) >= 11 is 6.18. The molecule has 0 spiro atoms. The fourth-order valence-corrected chi connectivity index (χ4v) is 3.35. The second kappa shape index (κ2) is 9.77. The number of halogens is 1. The number of fused-ring (bicyclic) bond motifs is 1. The van der Waals surface area contributed by atoms with Crippen LogP contribution >= 0.6 is 11.6 Å². The van der Waals surface area contributed by atoms with Gasteiger partial charge in [-0.2, -0.15) is 0 Å². The Morgan fingerprint density at radius 3 is 2.70 bits per heavy atom. The number of hydrogen-bond acceptors (Lipinski definition) is 5. The first-order valence-corrected chi connectivity index (χ1v) is 10.1. The molecular weight excluding hydrogens is 406 g/mol. The second-order valence-electron chi connectivity index (χ2n) is 7.38. The van der Waals surface area contributed by atoms with Crippen molar-refractivity contribution in [3.05, 3.63) is 52.7 Å². The summed E-state index contributed by atoms with van der Waals surface area (Å²) in [6, 6.07) is 9.79. The van der Waals surface area contributed by atoms with Crippen molar-refractivity contribution < 1.29 is 14.3 Å². The quantitative estimate of drug-likeness (QED) is 0.734. The Morgan fingerprint density at radius 2 is 1.93 bits per heavy atom. The first kappa shape index (κ1) is 21.9. The molecule has 3 rings (SSSR count). The molecule has 30 heavy (non-hydrogen) atoms. The number of nitrogens with one attached hydrogen (secondary N) is 2. The number of pyridine rings is 1. The van der Waals surface area contributed by atoms with Crippen LogP contribution in [0.3, 0.4) is 0 Å². The zero-order valence-electron chi connectivity index (χ0n) is 17.3. The van der Waals surface area contributed by atoms with Crippen LogP contribution in [-0.4, -0.2) is 67.6 Å². The minimum absolute atomic E-state index is 0.200. The molecule has 1 aliphatic rings. The maximum Gasteiger partial charge on any atom is 0.320 e. The molecular formula is C21H26ClN5O3. The standard InChI is InChI=1S/C21H26ClN5O3/c1-26(2)11-12-27(3)20(28)17-8-5-9-18(23-17)25-21(29)24-16-10-13-30-19-14(16)6-4-7-15(19)22/h4-9,16H,10-13H2,1-3H3,(H2,23,24,25,29)/t16-/m0/s1. The number of benzene rings is 1. The van der Waals surface area contributed by atoms with E-state index in [0.717, 1.165) is 12.1 Å².